The van der Waals surface area contributed by atoms with Crippen LogP contribution in [-0.2, 0) is 6.54 Å². The molecule has 0 saturated carbocycles. The van der Waals surface area contributed by atoms with Crippen LogP contribution in [0.3, 0.4) is 0 Å². The molecule has 1 aromatic carbocycles. The fourth-order valence-electron chi connectivity index (χ4n) is 2.35. The van der Waals surface area contributed by atoms with Gasteiger partial charge in [0.05, 0.1) is 12.8 Å². The summed E-state index contributed by atoms with van der Waals surface area (Å²) in [5, 5.41) is 8.91. The standard InChI is InChI=1S/C19H24F2N4O2.HI/c1-3-22-19(25-12-14-11-15(20)5-6-16(14)21)24-9-4-8-23-18(26)17-13(2)7-10-27-17;/h5-7,10-11H,3-4,8-9,12H2,1-2H3,(H,23,26)(H2,22,24,25);1H. The Bertz CT molecular complexity index is 796. The van der Waals surface area contributed by atoms with Crippen LogP contribution in [0, 0.1) is 18.6 Å². The van der Waals surface area contributed by atoms with E-state index in [0.717, 1.165) is 23.8 Å². The van der Waals surface area contributed by atoms with Crippen molar-refractivity contribution in [3.8, 4) is 0 Å². The lowest BCUT2D eigenvalue weighted by molar-refractivity contribution is 0.0925. The molecule has 2 aromatic rings. The van der Waals surface area contributed by atoms with E-state index in [1.165, 1.54) is 6.26 Å². The minimum atomic E-state index is -0.498. The van der Waals surface area contributed by atoms with Gasteiger partial charge in [0.15, 0.2) is 11.7 Å². The Morgan fingerprint density at radius 1 is 1.14 bits per heavy atom. The van der Waals surface area contributed by atoms with Gasteiger partial charge in [-0.05, 0) is 44.5 Å². The summed E-state index contributed by atoms with van der Waals surface area (Å²) in [6.07, 6.45) is 2.14. The smallest absolute Gasteiger partial charge is 0.287 e. The van der Waals surface area contributed by atoms with E-state index in [-0.39, 0.29) is 42.0 Å². The minimum Gasteiger partial charge on any atom is -0.459 e. The largest absolute Gasteiger partial charge is 0.459 e. The van der Waals surface area contributed by atoms with Crippen LogP contribution >= 0.6 is 24.0 Å². The second-order valence-electron chi connectivity index (χ2n) is 5.90. The number of carbonyl (C=O) groups is 1. The number of amides is 1. The number of nitrogens with one attached hydrogen (secondary N) is 3. The first-order chi connectivity index (χ1) is 13.0. The van der Waals surface area contributed by atoms with Crippen LogP contribution in [0.2, 0.25) is 0 Å². The summed E-state index contributed by atoms with van der Waals surface area (Å²) in [6.45, 7) is 5.38. The van der Waals surface area contributed by atoms with Crippen molar-refractivity contribution in [1.29, 1.82) is 0 Å². The molecule has 0 radical (unpaired) electrons. The predicted molar refractivity (Wildman–Crippen MR) is 115 cm³/mol. The molecule has 154 valence electrons. The molecular weight excluding hydrogens is 481 g/mol. The average Bonchev–Trinajstić information content (AvgIpc) is 3.07. The second kappa shape index (κ2) is 12.3. The third kappa shape index (κ3) is 7.45. The van der Waals surface area contributed by atoms with Crippen molar-refractivity contribution < 1.29 is 18.0 Å². The lowest BCUT2D eigenvalue weighted by Gasteiger charge is -2.11. The van der Waals surface area contributed by atoms with Crippen molar-refractivity contribution in [2.24, 2.45) is 4.99 Å². The molecule has 1 aromatic heterocycles. The fraction of sp³-hybridized carbons (Fsp3) is 0.368. The first-order valence-corrected chi connectivity index (χ1v) is 8.79. The lowest BCUT2D eigenvalue weighted by atomic mass is 10.2. The topological polar surface area (TPSA) is 78.7 Å². The number of hydrogen-bond acceptors (Lipinski definition) is 3. The number of halogens is 3. The van der Waals surface area contributed by atoms with Crippen molar-refractivity contribution in [3.63, 3.8) is 0 Å². The van der Waals surface area contributed by atoms with Crippen molar-refractivity contribution in [2.75, 3.05) is 19.6 Å². The predicted octanol–water partition coefficient (Wildman–Crippen LogP) is 3.36. The minimum absolute atomic E-state index is 0. The normalized spacial score (nSPS) is 10.9. The summed E-state index contributed by atoms with van der Waals surface area (Å²) >= 11 is 0. The quantitative estimate of drug-likeness (QED) is 0.222. The number of benzene rings is 1. The van der Waals surface area contributed by atoms with Crippen LogP contribution in [-0.4, -0.2) is 31.5 Å². The molecule has 6 nitrogen and oxygen atoms in total. The Hall–Kier alpha value is -2.17. The van der Waals surface area contributed by atoms with Gasteiger partial charge in [0, 0.05) is 30.8 Å². The maximum atomic E-state index is 13.7. The molecule has 28 heavy (non-hydrogen) atoms. The molecule has 0 aliphatic rings. The summed E-state index contributed by atoms with van der Waals surface area (Å²) < 4.78 is 32.0. The van der Waals surface area contributed by atoms with Crippen LogP contribution in [0.25, 0.3) is 0 Å². The van der Waals surface area contributed by atoms with E-state index < -0.39 is 11.6 Å². The highest BCUT2D eigenvalue weighted by Crippen LogP contribution is 2.10. The summed E-state index contributed by atoms with van der Waals surface area (Å²) in [5.74, 6) is -0.432. The molecule has 9 heteroatoms. The summed E-state index contributed by atoms with van der Waals surface area (Å²) in [7, 11) is 0. The van der Waals surface area contributed by atoms with Crippen LogP contribution in [0.1, 0.15) is 35.0 Å². The number of hydrogen-bond donors (Lipinski definition) is 3. The van der Waals surface area contributed by atoms with E-state index in [0.29, 0.717) is 37.8 Å². The van der Waals surface area contributed by atoms with E-state index >= 15 is 0 Å². The van der Waals surface area contributed by atoms with Gasteiger partial charge in [0.2, 0.25) is 0 Å². The summed E-state index contributed by atoms with van der Waals surface area (Å²) in [5.41, 5.74) is 0.977. The Morgan fingerprint density at radius 3 is 2.57 bits per heavy atom. The monoisotopic (exact) mass is 506 g/mol. The molecular formula is C19H25F2IN4O2. The molecule has 0 unspecified atom stereocenters. The first kappa shape index (κ1) is 23.9. The maximum Gasteiger partial charge on any atom is 0.287 e. The van der Waals surface area contributed by atoms with E-state index in [1.807, 2.05) is 6.92 Å². The van der Waals surface area contributed by atoms with Gasteiger partial charge in [-0.3, -0.25) is 4.79 Å². The lowest BCUT2D eigenvalue weighted by Crippen LogP contribution is -2.38. The Labute approximate surface area is 180 Å². The average molecular weight is 506 g/mol. The zero-order valence-corrected chi connectivity index (χ0v) is 18.2. The summed E-state index contributed by atoms with van der Waals surface area (Å²) in [6, 6.07) is 5.03. The number of furan rings is 1. The van der Waals surface area contributed by atoms with E-state index in [2.05, 4.69) is 20.9 Å². The highest BCUT2D eigenvalue weighted by molar-refractivity contribution is 14.0. The number of carbonyl (C=O) groups excluding carboxylic acids is 1. The van der Waals surface area contributed by atoms with Crippen molar-refractivity contribution in [3.05, 3.63) is 59.1 Å². The SMILES string of the molecule is CCNC(=NCc1cc(F)ccc1F)NCCCNC(=O)c1occc1C.I. The van der Waals surface area contributed by atoms with Crippen LogP contribution in [0.15, 0.2) is 39.9 Å². The van der Waals surface area contributed by atoms with Crippen molar-refractivity contribution >= 4 is 35.8 Å². The zero-order chi connectivity index (χ0) is 19.6. The molecule has 0 spiro atoms. The molecule has 0 bridgehead atoms. The molecule has 2 rings (SSSR count). The molecule has 0 fully saturated rings. The van der Waals surface area contributed by atoms with Crippen molar-refractivity contribution in [2.45, 2.75) is 26.8 Å². The Kier molecular flexibility index (Phi) is 10.5. The van der Waals surface area contributed by atoms with E-state index in [9.17, 15) is 13.6 Å². The van der Waals surface area contributed by atoms with Gasteiger partial charge in [-0.2, -0.15) is 0 Å². The fourth-order valence-corrected chi connectivity index (χ4v) is 2.35. The van der Waals surface area contributed by atoms with Gasteiger partial charge >= 0.3 is 0 Å². The van der Waals surface area contributed by atoms with Crippen LogP contribution in [0.5, 0.6) is 0 Å². The van der Waals surface area contributed by atoms with Gasteiger partial charge < -0.3 is 20.4 Å². The van der Waals surface area contributed by atoms with Crippen LogP contribution < -0.4 is 16.0 Å². The maximum absolute atomic E-state index is 13.7. The molecule has 0 saturated heterocycles. The number of rotatable bonds is 8. The molecule has 0 atom stereocenters. The molecule has 3 N–H and O–H groups in total. The molecule has 1 heterocycles. The first-order valence-electron chi connectivity index (χ1n) is 8.79. The molecule has 1 amide bonds. The zero-order valence-electron chi connectivity index (χ0n) is 15.9. The molecule has 0 aliphatic heterocycles. The van der Waals surface area contributed by atoms with Crippen molar-refractivity contribution in [1.82, 2.24) is 16.0 Å². The Morgan fingerprint density at radius 2 is 1.89 bits per heavy atom. The van der Waals surface area contributed by atoms with Gasteiger partial charge in [0.25, 0.3) is 5.91 Å². The number of guanidine groups is 1. The second-order valence-corrected chi connectivity index (χ2v) is 5.90. The van der Waals surface area contributed by atoms with Crippen LogP contribution in [0.4, 0.5) is 8.78 Å². The third-order valence-electron chi connectivity index (χ3n) is 3.76. The Balaban J connectivity index is 0.00000392. The van der Waals surface area contributed by atoms with E-state index in [4.69, 9.17) is 4.42 Å². The number of aliphatic imine (C=N–C) groups is 1. The van der Waals surface area contributed by atoms with Gasteiger partial charge in [0.1, 0.15) is 11.6 Å². The number of aryl methyl sites for hydroxylation is 1. The van der Waals surface area contributed by atoms with Gasteiger partial charge in [-0.1, -0.05) is 0 Å². The van der Waals surface area contributed by atoms with Gasteiger partial charge in [-0.25, -0.2) is 13.8 Å². The summed E-state index contributed by atoms with van der Waals surface area (Å²) in [4.78, 5) is 16.2. The third-order valence-corrected chi connectivity index (χ3v) is 3.76. The number of nitrogens with zero attached hydrogens (tertiary/aromatic N) is 1. The van der Waals surface area contributed by atoms with E-state index in [1.54, 1.807) is 13.0 Å². The highest BCUT2D eigenvalue weighted by Gasteiger charge is 2.11. The van der Waals surface area contributed by atoms with Gasteiger partial charge in [-0.15, -0.1) is 24.0 Å². The highest BCUT2D eigenvalue weighted by atomic mass is 127. The molecule has 0 aliphatic carbocycles.